The molecule has 1 aromatic rings. The van der Waals surface area contributed by atoms with Crippen LogP contribution in [0.3, 0.4) is 0 Å². The Kier molecular flexibility index (Phi) is 4.70. The van der Waals surface area contributed by atoms with Gasteiger partial charge in [0.15, 0.2) is 0 Å². The van der Waals surface area contributed by atoms with Crippen LogP contribution in [-0.4, -0.2) is 18.2 Å². The fourth-order valence-corrected chi connectivity index (χ4v) is 2.90. The number of para-hydroxylation sites is 1. The molecule has 1 aliphatic rings. The molecule has 1 amide bonds. The third-order valence-corrected chi connectivity index (χ3v) is 3.92. The van der Waals surface area contributed by atoms with E-state index < -0.39 is 0 Å². The number of hydrogen-bond donors (Lipinski definition) is 1. The summed E-state index contributed by atoms with van der Waals surface area (Å²) in [5, 5.41) is 0. The molecule has 0 bridgehead atoms. The Morgan fingerprint density at radius 3 is 2.83 bits per heavy atom. The summed E-state index contributed by atoms with van der Waals surface area (Å²) in [5.41, 5.74) is 2.42. The number of aryl methyl sites for hydroxylation is 1. The van der Waals surface area contributed by atoms with Crippen LogP contribution < -0.4 is 4.90 Å². The molecule has 0 saturated carbocycles. The highest BCUT2D eigenvalue weighted by Gasteiger charge is 2.23. The SMILES string of the molecule is CC(CCS)CCN1C(=O)CCc2ccccc21. The first-order chi connectivity index (χ1) is 8.72. The van der Waals surface area contributed by atoms with Gasteiger partial charge in [-0.2, -0.15) is 12.6 Å². The lowest BCUT2D eigenvalue weighted by molar-refractivity contribution is -0.118. The Balaban J connectivity index is 2.05. The highest BCUT2D eigenvalue weighted by molar-refractivity contribution is 7.80. The lowest BCUT2D eigenvalue weighted by Gasteiger charge is -2.30. The first-order valence-corrected chi connectivity index (χ1v) is 7.34. The molecule has 98 valence electrons. The summed E-state index contributed by atoms with van der Waals surface area (Å²) in [4.78, 5) is 14.0. The largest absolute Gasteiger partial charge is 0.312 e. The molecule has 0 spiro atoms. The average Bonchev–Trinajstić information content (AvgIpc) is 2.38. The van der Waals surface area contributed by atoms with Crippen molar-refractivity contribution in [2.24, 2.45) is 5.92 Å². The molecule has 1 atom stereocenters. The van der Waals surface area contributed by atoms with E-state index in [1.165, 1.54) is 5.56 Å². The van der Waals surface area contributed by atoms with E-state index in [1.54, 1.807) is 0 Å². The molecule has 0 saturated heterocycles. The van der Waals surface area contributed by atoms with Crippen LogP contribution in [0.15, 0.2) is 24.3 Å². The maximum atomic E-state index is 12.0. The highest BCUT2D eigenvalue weighted by atomic mass is 32.1. The van der Waals surface area contributed by atoms with Crippen molar-refractivity contribution in [3.05, 3.63) is 29.8 Å². The molecule has 0 aliphatic carbocycles. The Hall–Kier alpha value is -0.960. The predicted octanol–water partition coefficient (Wildman–Crippen LogP) is 3.31. The van der Waals surface area contributed by atoms with E-state index in [9.17, 15) is 4.79 Å². The monoisotopic (exact) mass is 263 g/mol. The molecule has 0 fully saturated rings. The zero-order chi connectivity index (χ0) is 13.0. The number of benzene rings is 1. The molecule has 0 aromatic heterocycles. The molecule has 18 heavy (non-hydrogen) atoms. The van der Waals surface area contributed by atoms with Gasteiger partial charge in [-0.25, -0.2) is 0 Å². The zero-order valence-corrected chi connectivity index (χ0v) is 11.8. The summed E-state index contributed by atoms with van der Waals surface area (Å²) in [6, 6.07) is 8.26. The van der Waals surface area contributed by atoms with E-state index in [1.807, 2.05) is 11.0 Å². The molecular formula is C15H21NOS. The van der Waals surface area contributed by atoms with Crippen molar-refractivity contribution in [2.45, 2.75) is 32.6 Å². The van der Waals surface area contributed by atoms with Gasteiger partial charge in [0.05, 0.1) is 0 Å². The van der Waals surface area contributed by atoms with Crippen LogP contribution >= 0.6 is 12.6 Å². The summed E-state index contributed by atoms with van der Waals surface area (Å²) < 4.78 is 0. The quantitative estimate of drug-likeness (QED) is 0.808. The van der Waals surface area contributed by atoms with Gasteiger partial charge in [0.25, 0.3) is 0 Å². The third kappa shape index (κ3) is 3.08. The van der Waals surface area contributed by atoms with E-state index in [0.717, 1.165) is 37.2 Å². The number of thiol groups is 1. The number of amides is 1. The van der Waals surface area contributed by atoms with Crippen LogP contribution in [0.25, 0.3) is 0 Å². The van der Waals surface area contributed by atoms with Crippen molar-refractivity contribution in [1.82, 2.24) is 0 Å². The smallest absolute Gasteiger partial charge is 0.227 e. The van der Waals surface area contributed by atoms with E-state index in [-0.39, 0.29) is 5.91 Å². The number of anilines is 1. The van der Waals surface area contributed by atoms with Gasteiger partial charge >= 0.3 is 0 Å². The van der Waals surface area contributed by atoms with Gasteiger partial charge in [0, 0.05) is 18.7 Å². The maximum absolute atomic E-state index is 12.0. The first kappa shape index (κ1) is 13.5. The Labute approximate surface area is 115 Å². The molecule has 1 unspecified atom stereocenters. The lowest BCUT2D eigenvalue weighted by Crippen LogP contribution is -2.36. The molecule has 1 aromatic carbocycles. The van der Waals surface area contributed by atoms with Crippen molar-refractivity contribution in [1.29, 1.82) is 0 Å². The molecule has 1 aliphatic heterocycles. The van der Waals surface area contributed by atoms with Crippen molar-refractivity contribution in [2.75, 3.05) is 17.2 Å². The minimum Gasteiger partial charge on any atom is -0.312 e. The van der Waals surface area contributed by atoms with Gasteiger partial charge in [0.1, 0.15) is 0 Å². The second kappa shape index (κ2) is 6.28. The Bertz CT molecular complexity index is 419. The van der Waals surface area contributed by atoms with Gasteiger partial charge in [-0.05, 0) is 42.6 Å². The number of carbonyl (C=O) groups is 1. The second-order valence-electron chi connectivity index (χ2n) is 5.08. The zero-order valence-electron chi connectivity index (χ0n) is 10.9. The number of nitrogens with zero attached hydrogens (tertiary/aromatic N) is 1. The first-order valence-electron chi connectivity index (χ1n) is 6.71. The van der Waals surface area contributed by atoms with Crippen LogP contribution in [0.4, 0.5) is 5.69 Å². The lowest BCUT2D eigenvalue weighted by atomic mass is 9.99. The van der Waals surface area contributed by atoms with E-state index in [0.29, 0.717) is 12.3 Å². The van der Waals surface area contributed by atoms with Crippen molar-refractivity contribution in [3.63, 3.8) is 0 Å². The van der Waals surface area contributed by atoms with Crippen LogP contribution in [0.2, 0.25) is 0 Å². The Morgan fingerprint density at radius 1 is 1.28 bits per heavy atom. The van der Waals surface area contributed by atoms with E-state index >= 15 is 0 Å². The molecule has 3 heteroatoms. The molecule has 2 rings (SSSR count). The molecule has 0 radical (unpaired) electrons. The third-order valence-electron chi connectivity index (χ3n) is 3.66. The summed E-state index contributed by atoms with van der Waals surface area (Å²) in [6.45, 7) is 3.07. The summed E-state index contributed by atoms with van der Waals surface area (Å²) in [5.74, 6) is 1.82. The molecular weight excluding hydrogens is 242 g/mol. The minimum absolute atomic E-state index is 0.270. The standard InChI is InChI=1S/C15H21NOS/c1-12(9-11-18)8-10-16-14-5-3-2-4-13(14)6-7-15(16)17/h2-5,12,18H,6-11H2,1H3. The fraction of sp³-hybridized carbons (Fsp3) is 0.533. The average molecular weight is 263 g/mol. The van der Waals surface area contributed by atoms with Crippen LogP contribution in [0, 0.1) is 5.92 Å². The molecule has 0 N–H and O–H groups in total. The van der Waals surface area contributed by atoms with Crippen LogP contribution in [-0.2, 0) is 11.2 Å². The van der Waals surface area contributed by atoms with Crippen LogP contribution in [0.1, 0.15) is 31.7 Å². The molecule has 1 heterocycles. The van der Waals surface area contributed by atoms with Gasteiger partial charge in [-0.1, -0.05) is 25.1 Å². The van der Waals surface area contributed by atoms with Crippen molar-refractivity contribution < 1.29 is 4.79 Å². The van der Waals surface area contributed by atoms with Gasteiger partial charge in [0.2, 0.25) is 5.91 Å². The summed E-state index contributed by atoms with van der Waals surface area (Å²) in [6.07, 6.45) is 3.71. The number of hydrogen-bond acceptors (Lipinski definition) is 2. The van der Waals surface area contributed by atoms with Gasteiger partial charge in [-0.15, -0.1) is 0 Å². The van der Waals surface area contributed by atoms with Gasteiger partial charge < -0.3 is 4.90 Å². The number of rotatable bonds is 5. The van der Waals surface area contributed by atoms with Gasteiger partial charge in [-0.3, -0.25) is 4.79 Å². The van der Waals surface area contributed by atoms with Crippen molar-refractivity contribution >= 4 is 24.2 Å². The second-order valence-corrected chi connectivity index (χ2v) is 5.53. The fourth-order valence-electron chi connectivity index (χ4n) is 2.46. The topological polar surface area (TPSA) is 20.3 Å². The van der Waals surface area contributed by atoms with Crippen LogP contribution in [0.5, 0.6) is 0 Å². The molecule has 2 nitrogen and oxygen atoms in total. The number of fused-ring (bicyclic) bond motifs is 1. The highest BCUT2D eigenvalue weighted by Crippen LogP contribution is 2.28. The summed E-state index contributed by atoms with van der Waals surface area (Å²) in [7, 11) is 0. The van der Waals surface area contributed by atoms with E-state index in [4.69, 9.17) is 0 Å². The van der Waals surface area contributed by atoms with E-state index in [2.05, 4.69) is 37.8 Å². The summed E-state index contributed by atoms with van der Waals surface area (Å²) >= 11 is 4.26. The normalized spacial score (nSPS) is 16.6. The predicted molar refractivity (Wildman–Crippen MR) is 79.4 cm³/mol. The maximum Gasteiger partial charge on any atom is 0.227 e. The Morgan fingerprint density at radius 2 is 2.06 bits per heavy atom. The minimum atomic E-state index is 0.270. The van der Waals surface area contributed by atoms with Crippen molar-refractivity contribution in [3.8, 4) is 0 Å². The number of carbonyl (C=O) groups excluding carboxylic acids is 1.